The van der Waals surface area contributed by atoms with Crippen LogP contribution < -0.4 is 10.2 Å². The van der Waals surface area contributed by atoms with Gasteiger partial charge in [-0.05, 0) is 32.9 Å². The van der Waals surface area contributed by atoms with Gasteiger partial charge in [0.05, 0.1) is 12.2 Å². The number of para-hydroxylation sites is 1. The largest absolute Gasteiger partial charge is 0.372 e. The molecule has 3 atom stereocenters. The van der Waals surface area contributed by atoms with Crippen LogP contribution in [0.25, 0.3) is 0 Å². The van der Waals surface area contributed by atoms with Crippen molar-refractivity contribution in [2.45, 2.75) is 39.0 Å². The maximum Gasteiger partial charge on any atom is 0.317 e. The van der Waals surface area contributed by atoms with Crippen LogP contribution in [-0.4, -0.2) is 55.9 Å². The smallest absolute Gasteiger partial charge is 0.317 e. The number of ether oxygens (including phenoxy) is 1. The van der Waals surface area contributed by atoms with Gasteiger partial charge < -0.3 is 19.9 Å². The van der Waals surface area contributed by atoms with Crippen molar-refractivity contribution in [3.8, 4) is 0 Å². The minimum Gasteiger partial charge on any atom is -0.372 e. The molecule has 0 aromatic heterocycles. The van der Waals surface area contributed by atoms with E-state index in [0.29, 0.717) is 19.6 Å². The Morgan fingerprint density at radius 3 is 2.50 bits per heavy atom. The van der Waals surface area contributed by atoms with Gasteiger partial charge in [0.15, 0.2) is 0 Å². The fourth-order valence-electron chi connectivity index (χ4n) is 2.75. The highest BCUT2D eigenvalue weighted by Gasteiger charge is 2.26. The lowest BCUT2D eigenvalue weighted by atomic mass is 10.2. The Morgan fingerprint density at radius 2 is 1.91 bits per heavy atom. The van der Waals surface area contributed by atoms with E-state index >= 15 is 0 Å². The number of hydrogen-bond acceptors (Lipinski definition) is 3. The highest BCUT2D eigenvalue weighted by Crippen LogP contribution is 2.14. The van der Waals surface area contributed by atoms with Gasteiger partial charge in [-0.15, -0.1) is 0 Å². The molecule has 1 fully saturated rings. The van der Waals surface area contributed by atoms with Crippen molar-refractivity contribution < 1.29 is 9.53 Å². The highest BCUT2D eigenvalue weighted by molar-refractivity contribution is 5.74. The third-order valence-corrected chi connectivity index (χ3v) is 4.08. The Kier molecular flexibility index (Phi) is 5.66. The molecule has 0 spiro atoms. The van der Waals surface area contributed by atoms with Crippen LogP contribution >= 0.6 is 0 Å². The Bertz CT molecular complexity index is 470. The van der Waals surface area contributed by atoms with Gasteiger partial charge in [-0.1, -0.05) is 18.2 Å². The number of benzene rings is 1. The molecule has 1 heterocycles. The summed E-state index contributed by atoms with van der Waals surface area (Å²) in [4.78, 5) is 16.3. The first kappa shape index (κ1) is 16.6. The van der Waals surface area contributed by atoms with E-state index in [1.54, 1.807) is 0 Å². The molecule has 1 aromatic carbocycles. The van der Waals surface area contributed by atoms with E-state index in [-0.39, 0.29) is 24.3 Å². The molecule has 0 bridgehead atoms. The van der Waals surface area contributed by atoms with Crippen LogP contribution in [0, 0.1) is 0 Å². The molecular formula is C17H27N3O2. The summed E-state index contributed by atoms with van der Waals surface area (Å²) in [6.45, 7) is 8.03. The molecule has 122 valence electrons. The lowest BCUT2D eigenvalue weighted by molar-refractivity contribution is -0.0545. The first-order valence-electron chi connectivity index (χ1n) is 7.93. The van der Waals surface area contributed by atoms with Crippen LogP contribution in [0.15, 0.2) is 30.3 Å². The van der Waals surface area contributed by atoms with Gasteiger partial charge in [0.25, 0.3) is 0 Å². The Labute approximate surface area is 133 Å². The second kappa shape index (κ2) is 7.49. The average molecular weight is 305 g/mol. The van der Waals surface area contributed by atoms with Crippen molar-refractivity contribution in [2.24, 2.45) is 0 Å². The van der Waals surface area contributed by atoms with Gasteiger partial charge in [0.1, 0.15) is 0 Å². The summed E-state index contributed by atoms with van der Waals surface area (Å²) in [5.74, 6) is 0. The molecule has 2 rings (SSSR count). The number of anilines is 1. The normalized spacial score (nSPS) is 23.0. The first-order chi connectivity index (χ1) is 10.5. The average Bonchev–Trinajstić information content (AvgIpc) is 2.51. The van der Waals surface area contributed by atoms with Gasteiger partial charge in [0.2, 0.25) is 0 Å². The lowest BCUT2D eigenvalue weighted by Crippen LogP contribution is -2.53. The van der Waals surface area contributed by atoms with Crippen molar-refractivity contribution in [1.82, 2.24) is 10.2 Å². The van der Waals surface area contributed by atoms with Gasteiger partial charge in [0, 0.05) is 38.4 Å². The van der Waals surface area contributed by atoms with E-state index in [9.17, 15) is 4.79 Å². The van der Waals surface area contributed by atoms with Crippen molar-refractivity contribution >= 4 is 11.7 Å². The topological polar surface area (TPSA) is 44.8 Å². The summed E-state index contributed by atoms with van der Waals surface area (Å²) in [7, 11) is 2.05. The molecular weight excluding hydrogens is 278 g/mol. The van der Waals surface area contributed by atoms with E-state index in [1.165, 1.54) is 0 Å². The zero-order valence-corrected chi connectivity index (χ0v) is 14.0. The molecule has 1 aromatic rings. The second-order valence-corrected chi connectivity index (χ2v) is 6.14. The molecule has 0 saturated carbocycles. The van der Waals surface area contributed by atoms with Crippen LogP contribution in [-0.2, 0) is 4.74 Å². The van der Waals surface area contributed by atoms with Crippen LogP contribution in [0.2, 0.25) is 0 Å². The fraction of sp³-hybridized carbons (Fsp3) is 0.588. The number of amides is 2. The van der Waals surface area contributed by atoms with Crippen molar-refractivity contribution in [3.05, 3.63) is 30.3 Å². The molecule has 3 unspecified atom stereocenters. The number of carbonyl (C=O) groups excluding carboxylic acids is 1. The Balaban J connectivity index is 1.83. The molecule has 22 heavy (non-hydrogen) atoms. The number of nitrogens with zero attached hydrogens (tertiary/aromatic N) is 2. The van der Waals surface area contributed by atoms with Crippen molar-refractivity contribution in [2.75, 3.05) is 31.6 Å². The van der Waals surface area contributed by atoms with Crippen LogP contribution in [0.1, 0.15) is 20.8 Å². The second-order valence-electron chi connectivity index (χ2n) is 6.14. The zero-order valence-electron chi connectivity index (χ0n) is 14.0. The standard InChI is InChI=1S/C17H27N3O2/c1-13(19(4)16-8-6-5-7-9-16)10-18-17(21)20-11-14(2)22-15(3)12-20/h5-9,13-15H,10-12H2,1-4H3,(H,18,21). The van der Waals surface area contributed by atoms with E-state index in [4.69, 9.17) is 4.74 Å². The van der Waals surface area contributed by atoms with E-state index in [2.05, 4.69) is 29.3 Å². The van der Waals surface area contributed by atoms with Gasteiger partial charge in [-0.3, -0.25) is 0 Å². The maximum atomic E-state index is 12.3. The van der Waals surface area contributed by atoms with Crippen LogP contribution in [0.5, 0.6) is 0 Å². The van der Waals surface area contributed by atoms with E-state index in [0.717, 1.165) is 5.69 Å². The SMILES string of the molecule is CC1CN(C(=O)NCC(C)N(C)c2ccccc2)CC(C)O1. The quantitative estimate of drug-likeness (QED) is 0.928. The minimum absolute atomic E-state index is 0.00434. The van der Waals surface area contributed by atoms with Crippen LogP contribution in [0.3, 0.4) is 0 Å². The summed E-state index contributed by atoms with van der Waals surface area (Å²) < 4.78 is 5.66. The number of morpholine rings is 1. The molecule has 5 heteroatoms. The number of urea groups is 1. The van der Waals surface area contributed by atoms with Crippen molar-refractivity contribution in [1.29, 1.82) is 0 Å². The Hall–Kier alpha value is -1.75. The minimum atomic E-state index is -0.00434. The summed E-state index contributed by atoms with van der Waals surface area (Å²) in [5, 5.41) is 3.03. The molecule has 0 radical (unpaired) electrons. The molecule has 1 N–H and O–H groups in total. The summed E-state index contributed by atoms with van der Waals surface area (Å²) in [6, 6.07) is 10.4. The molecule has 2 amide bonds. The first-order valence-corrected chi connectivity index (χ1v) is 7.93. The van der Waals surface area contributed by atoms with E-state index < -0.39 is 0 Å². The molecule has 0 aliphatic carbocycles. The predicted molar refractivity (Wildman–Crippen MR) is 89.3 cm³/mol. The molecule has 5 nitrogen and oxygen atoms in total. The number of hydrogen-bond donors (Lipinski definition) is 1. The summed E-state index contributed by atoms with van der Waals surface area (Å²) in [6.07, 6.45) is 0.192. The fourth-order valence-corrected chi connectivity index (χ4v) is 2.75. The number of carbonyl (C=O) groups is 1. The van der Waals surface area contributed by atoms with Gasteiger partial charge in [-0.25, -0.2) is 4.79 Å². The lowest BCUT2D eigenvalue weighted by Gasteiger charge is -2.36. The molecule has 1 aliphatic heterocycles. The third kappa shape index (κ3) is 4.37. The predicted octanol–water partition coefficient (Wildman–Crippen LogP) is 2.33. The maximum absolute atomic E-state index is 12.3. The number of nitrogens with one attached hydrogen (secondary N) is 1. The summed E-state index contributed by atoms with van der Waals surface area (Å²) in [5.41, 5.74) is 1.15. The molecule has 1 aliphatic rings. The van der Waals surface area contributed by atoms with Gasteiger partial charge >= 0.3 is 6.03 Å². The third-order valence-electron chi connectivity index (χ3n) is 4.08. The summed E-state index contributed by atoms with van der Waals surface area (Å²) >= 11 is 0. The van der Waals surface area contributed by atoms with Crippen molar-refractivity contribution in [3.63, 3.8) is 0 Å². The van der Waals surface area contributed by atoms with Gasteiger partial charge in [-0.2, -0.15) is 0 Å². The zero-order chi connectivity index (χ0) is 16.1. The molecule has 1 saturated heterocycles. The van der Waals surface area contributed by atoms with Crippen LogP contribution in [0.4, 0.5) is 10.5 Å². The Morgan fingerprint density at radius 1 is 1.32 bits per heavy atom. The highest BCUT2D eigenvalue weighted by atomic mass is 16.5. The van der Waals surface area contributed by atoms with E-state index in [1.807, 2.05) is 44.0 Å². The number of likely N-dealkylation sites (N-methyl/N-ethyl adjacent to an activating group) is 1. The number of rotatable bonds is 4. The monoisotopic (exact) mass is 305 g/mol.